The first kappa shape index (κ1) is 12.9. The van der Waals surface area contributed by atoms with E-state index in [-0.39, 0.29) is 23.4 Å². The lowest BCUT2D eigenvalue weighted by Crippen LogP contribution is -2.24. The Hall–Kier alpha value is -2.12. The molecular formula is C12H8ClN5OS. The zero-order chi connectivity index (χ0) is 13.9. The fourth-order valence-corrected chi connectivity index (χ4v) is 2.66. The lowest BCUT2D eigenvalue weighted by atomic mass is 10.3. The van der Waals surface area contributed by atoms with Crippen LogP contribution in [0.25, 0.3) is 10.2 Å². The summed E-state index contributed by atoms with van der Waals surface area (Å²) in [5.74, 6) is -0.313. The van der Waals surface area contributed by atoms with Gasteiger partial charge < -0.3 is 5.32 Å². The van der Waals surface area contributed by atoms with Crippen molar-refractivity contribution in [2.24, 2.45) is 0 Å². The van der Waals surface area contributed by atoms with Gasteiger partial charge in [0.2, 0.25) is 5.28 Å². The lowest BCUT2D eigenvalue weighted by molar-refractivity contribution is 0.0947. The summed E-state index contributed by atoms with van der Waals surface area (Å²) in [6.45, 7) is 0.279. The SMILES string of the molecule is O=C(NCc1cccnn1)c1nc(Cl)nc2ccsc12. The van der Waals surface area contributed by atoms with E-state index in [0.717, 1.165) is 0 Å². The van der Waals surface area contributed by atoms with Crippen molar-refractivity contribution in [1.82, 2.24) is 25.5 Å². The molecule has 3 heterocycles. The molecule has 100 valence electrons. The second kappa shape index (κ2) is 5.48. The molecular weight excluding hydrogens is 298 g/mol. The maximum atomic E-state index is 12.2. The second-order valence-corrected chi connectivity index (χ2v) is 5.13. The lowest BCUT2D eigenvalue weighted by Gasteiger charge is -2.04. The summed E-state index contributed by atoms with van der Waals surface area (Å²) >= 11 is 7.22. The molecule has 0 fully saturated rings. The average Bonchev–Trinajstić information content (AvgIpc) is 2.93. The highest BCUT2D eigenvalue weighted by Gasteiger charge is 2.15. The van der Waals surface area contributed by atoms with E-state index in [2.05, 4.69) is 25.5 Å². The molecule has 1 N–H and O–H groups in total. The van der Waals surface area contributed by atoms with Crippen molar-refractivity contribution in [2.45, 2.75) is 6.54 Å². The van der Waals surface area contributed by atoms with Crippen LogP contribution >= 0.6 is 22.9 Å². The van der Waals surface area contributed by atoms with Crippen LogP contribution < -0.4 is 5.32 Å². The first-order valence-corrected chi connectivity index (χ1v) is 6.95. The molecule has 20 heavy (non-hydrogen) atoms. The van der Waals surface area contributed by atoms with Crippen molar-refractivity contribution < 1.29 is 4.79 Å². The normalized spacial score (nSPS) is 10.7. The number of nitrogens with zero attached hydrogens (tertiary/aromatic N) is 4. The number of nitrogens with one attached hydrogen (secondary N) is 1. The molecule has 0 spiro atoms. The van der Waals surface area contributed by atoms with Gasteiger partial charge in [-0.1, -0.05) is 0 Å². The van der Waals surface area contributed by atoms with Crippen LogP contribution in [0.1, 0.15) is 16.2 Å². The van der Waals surface area contributed by atoms with Crippen molar-refractivity contribution in [3.8, 4) is 0 Å². The highest BCUT2D eigenvalue weighted by atomic mass is 35.5. The number of hydrogen-bond donors (Lipinski definition) is 1. The quantitative estimate of drug-likeness (QED) is 0.749. The molecule has 0 saturated carbocycles. The highest BCUT2D eigenvalue weighted by molar-refractivity contribution is 7.17. The van der Waals surface area contributed by atoms with Gasteiger partial charge in [-0.3, -0.25) is 4.79 Å². The second-order valence-electron chi connectivity index (χ2n) is 3.87. The van der Waals surface area contributed by atoms with Crippen LogP contribution in [0.5, 0.6) is 0 Å². The van der Waals surface area contributed by atoms with Gasteiger partial charge in [-0.25, -0.2) is 9.97 Å². The molecule has 1 amide bonds. The number of carbonyl (C=O) groups excluding carboxylic acids is 1. The van der Waals surface area contributed by atoms with E-state index in [9.17, 15) is 4.79 Å². The number of hydrogen-bond acceptors (Lipinski definition) is 6. The Morgan fingerprint density at radius 3 is 3.05 bits per heavy atom. The average molecular weight is 306 g/mol. The molecule has 0 aromatic carbocycles. The summed E-state index contributed by atoms with van der Waals surface area (Å²) < 4.78 is 0.714. The molecule has 3 rings (SSSR count). The molecule has 0 saturated heterocycles. The molecule has 0 aliphatic carbocycles. The van der Waals surface area contributed by atoms with Crippen LogP contribution in [0, 0.1) is 0 Å². The molecule has 3 aromatic heterocycles. The van der Waals surface area contributed by atoms with Gasteiger partial charge in [0, 0.05) is 6.20 Å². The van der Waals surface area contributed by atoms with Crippen LogP contribution in [0.2, 0.25) is 5.28 Å². The summed E-state index contributed by atoms with van der Waals surface area (Å²) in [6.07, 6.45) is 1.57. The fraction of sp³-hybridized carbons (Fsp3) is 0.0833. The van der Waals surface area contributed by atoms with Gasteiger partial charge in [0.1, 0.15) is 0 Å². The molecule has 0 atom stereocenters. The Balaban J connectivity index is 1.84. The molecule has 0 aliphatic heterocycles. The topological polar surface area (TPSA) is 80.7 Å². The zero-order valence-corrected chi connectivity index (χ0v) is 11.6. The minimum atomic E-state index is -0.313. The van der Waals surface area contributed by atoms with E-state index in [4.69, 9.17) is 11.6 Å². The van der Waals surface area contributed by atoms with E-state index in [1.54, 1.807) is 24.4 Å². The maximum Gasteiger partial charge on any atom is 0.271 e. The summed E-state index contributed by atoms with van der Waals surface area (Å²) in [5.41, 5.74) is 1.61. The van der Waals surface area contributed by atoms with E-state index in [1.807, 2.05) is 5.38 Å². The van der Waals surface area contributed by atoms with Crippen LogP contribution in [-0.4, -0.2) is 26.1 Å². The van der Waals surface area contributed by atoms with Crippen molar-refractivity contribution >= 4 is 39.1 Å². The van der Waals surface area contributed by atoms with Crippen LogP contribution in [0.4, 0.5) is 0 Å². The fourth-order valence-electron chi connectivity index (χ4n) is 1.67. The zero-order valence-electron chi connectivity index (χ0n) is 10.1. The predicted octanol–water partition coefficient (Wildman–Crippen LogP) is 2.06. The van der Waals surface area contributed by atoms with Gasteiger partial charge in [-0.05, 0) is 35.2 Å². The van der Waals surface area contributed by atoms with Gasteiger partial charge in [-0.2, -0.15) is 10.2 Å². The van der Waals surface area contributed by atoms with Crippen LogP contribution in [-0.2, 0) is 6.54 Å². The third kappa shape index (κ3) is 2.59. The highest BCUT2D eigenvalue weighted by Crippen LogP contribution is 2.23. The standard InChI is InChI=1S/C12H8ClN5OS/c13-12-16-8-3-5-20-10(8)9(17-12)11(19)14-6-7-2-1-4-15-18-7/h1-5H,6H2,(H,14,19). The van der Waals surface area contributed by atoms with Gasteiger partial charge >= 0.3 is 0 Å². The third-order valence-electron chi connectivity index (χ3n) is 2.55. The Kier molecular flexibility index (Phi) is 3.53. The summed E-state index contributed by atoms with van der Waals surface area (Å²) in [5, 5.41) is 12.3. The van der Waals surface area contributed by atoms with E-state index in [1.165, 1.54) is 11.3 Å². The number of amides is 1. The van der Waals surface area contributed by atoms with Crippen molar-refractivity contribution in [3.63, 3.8) is 0 Å². The number of rotatable bonds is 3. The van der Waals surface area contributed by atoms with E-state index < -0.39 is 0 Å². The molecule has 0 aliphatic rings. The van der Waals surface area contributed by atoms with Gasteiger partial charge in [-0.15, -0.1) is 11.3 Å². The Labute approximate surface area is 122 Å². The molecule has 6 nitrogen and oxygen atoms in total. The van der Waals surface area contributed by atoms with Gasteiger partial charge in [0.15, 0.2) is 5.69 Å². The van der Waals surface area contributed by atoms with Crippen LogP contribution in [0.3, 0.4) is 0 Å². The van der Waals surface area contributed by atoms with Crippen molar-refractivity contribution in [1.29, 1.82) is 0 Å². The first-order chi connectivity index (χ1) is 9.74. The predicted molar refractivity (Wildman–Crippen MR) is 75.6 cm³/mol. The number of carbonyl (C=O) groups is 1. The first-order valence-electron chi connectivity index (χ1n) is 5.69. The Morgan fingerprint density at radius 2 is 2.25 bits per heavy atom. The molecule has 0 radical (unpaired) electrons. The minimum absolute atomic E-state index is 0.0561. The Bertz CT molecular complexity index is 761. The van der Waals surface area contributed by atoms with Crippen molar-refractivity contribution in [2.75, 3.05) is 0 Å². The number of halogens is 1. The largest absolute Gasteiger partial charge is 0.345 e. The van der Waals surface area contributed by atoms with Gasteiger partial charge in [0.05, 0.1) is 22.5 Å². The van der Waals surface area contributed by atoms with E-state index in [0.29, 0.717) is 15.9 Å². The summed E-state index contributed by atoms with van der Waals surface area (Å²) in [7, 11) is 0. The summed E-state index contributed by atoms with van der Waals surface area (Å²) in [6, 6.07) is 5.33. The van der Waals surface area contributed by atoms with Crippen LogP contribution in [0.15, 0.2) is 29.8 Å². The third-order valence-corrected chi connectivity index (χ3v) is 3.63. The minimum Gasteiger partial charge on any atom is -0.345 e. The molecule has 0 unspecified atom stereocenters. The van der Waals surface area contributed by atoms with E-state index >= 15 is 0 Å². The monoisotopic (exact) mass is 305 g/mol. The van der Waals surface area contributed by atoms with Crippen molar-refractivity contribution in [3.05, 3.63) is 46.4 Å². The molecule has 0 bridgehead atoms. The smallest absolute Gasteiger partial charge is 0.271 e. The number of fused-ring (bicyclic) bond motifs is 1. The number of aromatic nitrogens is 4. The van der Waals surface area contributed by atoms with Gasteiger partial charge in [0.25, 0.3) is 5.91 Å². The maximum absolute atomic E-state index is 12.2. The Morgan fingerprint density at radius 1 is 1.35 bits per heavy atom. The molecule has 3 aromatic rings. The molecule has 8 heteroatoms. The summed E-state index contributed by atoms with van der Waals surface area (Å²) in [4.78, 5) is 20.2. The number of thiophene rings is 1.